The number of hydrogen-bond acceptors (Lipinski definition) is 5. The van der Waals surface area contributed by atoms with Gasteiger partial charge in [0, 0.05) is 19.1 Å². The van der Waals surface area contributed by atoms with Crippen LogP contribution >= 0.6 is 11.3 Å². The van der Waals surface area contributed by atoms with Crippen LogP contribution < -0.4 is 10.0 Å². The van der Waals surface area contributed by atoms with Gasteiger partial charge in [0.25, 0.3) is 0 Å². The second kappa shape index (κ2) is 8.24. The molecular formula is C14H27N3O2S2. The van der Waals surface area contributed by atoms with Crippen LogP contribution in [0.4, 0.5) is 0 Å². The lowest BCUT2D eigenvalue weighted by Crippen LogP contribution is -2.44. The molecule has 1 atom stereocenters. The summed E-state index contributed by atoms with van der Waals surface area (Å²) in [6, 6.07) is 1.66. The smallest absolute Gasteiger partial charge is 0.250 e. The zero-order valence-electron chi connectivity index (χ0n) is 13.5. The van der Waals surface area contributed by atoms with Crippen molar-refractivity contribution in [3.63, 3.8) is 0 Å². The van der Waals surface area contributed by atoms with Gasteiger partial charge in [0.1, 0.15) is 4.21 Å². The Kier molecular flexibility index (Phi) is 7.29. The maximum absolute atomic E-state index is 12.5. The summed E-state index contributed by atoms with van der Waals surface area (Å²) in [4.78, 5) is 2.00. The van der Waals surface area contributed by atoms with E-state index in [1.165, 1.54) is 11.3 Å². The molecule has 1 aromatic heterocycles. The highest BCUT2D eigenvalue weighted by Gasteiger charge is 2.24. The summed E-state index contributed by atoms with van der Waals surface area (Å²) >= 11 is 1.28. The predicted molar refractivity (Wildman–Crippen MR) is 89.2 cm³/mol. The third-order valence-corrected chi connectivity index (χ3v) is 6.13. The molecule has 1 rings (SSSR count). The molecule has 0 aliphatic heterocycles. The molecule has 122 valence electrons. The first-order chi connectivity index (χ1) is 9.76. The molecule has 1 unspecified atom stereocenters. The maximum Gasteiger partial charge on any atom is 0.250 e. The predicted octanol–water partition coefficient (Wildman–Crippen LogP) is 1.72. The van der Waals surface area contributed by atoms with Gasteiger partial charge in [0.15, 0.2) is 0 Å². The Balaban J connectivity index is 2.81. The summed E-state index contributed by atoms with van der Waals surface area (Å²) in [6.45, 7) is 8.35. The van der Waals surface area contributed by atoms with E-state index in [9.17, 15) is 8.42 Å². The summed E-state index contributed by atoms with van der Waals surface area (Å²) < 4.78 is 28.2. The molecule has 0 aliphatic carbocycles. The van der Waals surface area contributed by atoms with Crippen molar-refractivity contribution in [1.82, 2.24) is 14.9 Å². The molecular weight excluding hydrogens is 306 g/mol. The Morgan fingerprint density at radius 3 is 2.52 bits per heavy atom. The average molecular weight is 334 g/mol. The topological polar surface area (TPSA) is 61.4 Å². The van der Waals surface area contributed by atoms with E-state index in [1.807, 2.05) is 45.1 Å². The Bertz CT molecular complexity index is 524. The highest BCUT2D eigenvalue weighted by atomic mass is 32.2. The monoisotopic (exact) mass is 333 g/mol. The molecule has 1 heterocycles. The van der Waals surface area contributed by atoms with Crippen LogP contribution in [-0.2, 0) is 16.6 Å². The van der Waals surface area contributed by atoms with Gasteiger partial charge in [-0.1, -0.05) is 20.8 Å². The minimum absolute atomic E-state index is 0.0932. The molecule has 2 N–H and O–H groups in total. The molecule has 0 radical (unpaired) electrons. The SMILES string of the molecule is CCNCc1csc(S(=O)(=O)NC(CN(C)C)C(C)C)c1. The fourth-order valence-electron chi connectivity index (χ4n) is 1.89. The third-order valence-electron chi connectivity index (χ3n) is 3.15. The Labute approximate surface area is 132 Å². The largest absolute Gasteiger partial charge is 0.313 e. The van der Waals surface area contributed by atoms with E-state index in [4.69, 9.17) is 0 Å². The van der Waals surface area contributed by atoms with Crippen LogP contribution in [0.15, 0.2) is 15.7 Å². The molecule has 5 nitrogen and oxygen atoms in total. The van der Waals surface area contributed by atoms with E-state index in [0.29, 0.717) is 17.3 Å². The average Bonchev–Trinajstić information content (AvgIpc) is 2.84. The molecule has 0 spiro atoms. The van der Waals surface area contributed by atoms with E-state index in [1.54, 1.807) is 6.07 Å². The van der Waals surface area contributed by atoms with Gasteiger partial charge in [0.05, 0.1) is 0 Å². The maximum atomic E-state index is 12.5. The Morgan fingerprint density at radius 1 is 1.33 bits per heavy atom. The zero-order chi connectivity index (χ0) is 16.0. The van der Waals surface area contributed by atoms with Crippen LogP contribution in [0.5, 0.6) is 0 Å². The van der Waals surface area contributed by atoms with Crippen LogP contribution in [0.3, 0.4) is 0 Å². The van der Waals surface area contributed by atoms with E-state index in [2.05, 4.69) is 10.0 Å². The number of hydrogen-bond donors (Lipinski definition) is 2. The summed E-state index contributed by atoms with van der Waals surface area (Å²) in [5.41, 5.74) is 1.01. The molecule has 0 amide bonds. The van der Waals surface area contributed by atoms with Crippen molar-refractivity contribution >= 4 is 21.4 Å². The van der Waals surface area contributed by atoms with Gasteiger partial charge in [-0.25, -0.2) is 13.1 Å². The van der Waals surface area contributed by atoms with Gasteiger partial charge in [-0.3, -0.25) is 0 Å². The summed E-state index contributed by atoms with van der Waals surface area (Å²) in [6.07, 6.45) is 0. The second-order valence-electron chi connectivity index (χ2n) is 5.79. The van der Waals surface area contributed by atoms with E-state index < -0.39 is 10.0 Å². The summed E-state index contributed by atoms with van der Waals surface area (Å²) in [5.74, 6) is 0.239. The highest BCUT2D eigenvalue weighted by molar-refractivity contribution is 7.91. The quantitative estimate of drug-likeness (QED) is 0.722. The molecule has 0 saturated carbocycles. The van der Waals surface area contributed by atoms with Crippen molar-refractivity contribution < 1.29 is 8.42 Å². The highest BCUT2D eigenvalue weighted by Crippen LogP contribution is 2.21. The fourth-order valence-corrected chi connectivity index (χ4v) is 4.49. The van der Waals surface area contributed by atoms with Gasteiger partial charge in [-0.15, -0.1) is 11.3 Å². The van der Waals surface area contributed by atoms with Gasteiger partial charge >= 0.3 is 0 Å². The number of thiophene rings is 1. The molecule has 0 aromatic carbocycles. The van der Waals surface area contributed by atoms with Crippen molar-refractivity contribution in [1.29, 1.82) is 0 Å². The lowest BCUT2D eigenvalue weighted by atomic mass is 10.1. The number of rotatable bonds is 9. The lowest BCUT2D eigenvalue weighted by Gasteiger charge is -2.25. The number of nitrogens with one attached hydrogen (secondary N) is 2. The third kappa shape index (κ3) is 6.04. The van der Waals surface area contributed by atoms with Gasteiger partial charge < -0.3 is 10.2 Å². The van der Waals surface area contributed by atoms with Crippen LogP contribution in [-0.4, -0.2) is 46.5 Å². The van der Waals surface area contributed by atoms with Crippen molar-refractivity contribution in [2.24, 2.45) is 5.92 Å². The molecule has 21 heavy (non-hydrogen) atoms. The first kappa shape index (κ1) is 18.6. The van der Waals surface area contributed by atoms with Gasteiger partial charge in [0.2, 0.25) is 10.0 Å². The molecule has 0 aliphatic rings. The van der Waals surface area contributed by atoms with E-state index in [-0.39, 0.29) is 12.0 Å². The second-order valence-corrected chi connectivity index (χ2v) is 8.64. The first-order valence-corrected chi connectivity index (χ1v) is 9.57. The van der Waals surface area contributed by atoms with Crippen LogP contribution in [0.25, 0.3) is 0 Å². The number of likely N-dealkylation sites (N-methyl/N-ethyl adjacent to an activating group) is 1. The van der Waals surface area contributed by atoms with Gasteiger partial charge in [-0.2, -0.15) is 0 Å². The minimum atomic E-state index is -3.44. The molecule has 7 heteroatoms. The lowest BCUT2D eigenvalue weighted by molar-refractivity contribution is 0.314. The van der Waals surface area contributed by atoms with Crippen LogP contribution in [0.2, 0.25) is 0 Å². The van der Waals surface area contributed by atoms with Crippen LogP contribution in [0, 0.1) is 5.92 Å². The molecule has 0 bridgehead atoms. The standard InChI is InChI=1S/C14H27N3O2S2/c1-6-15-8-12-7-14(20-10-12)21(18,19)16-13(11(2)3)9-17(4)5/h7,10-11,13,15-16H,6,8-9H2,1-5H3. The van der Waals surface area contributed by atoms with E-state index in [0.717, 1.165) is 12.1 Å². The van der Waals surface area contributed by atoms with Crippen LogP contribution in [0.1, 0.15) is 26.3 Å². The minimum Gasteiger partial charge on any atom is -0.313 e. The van der Waals surface area contributed by atoms with Crippen molar-refractivity contribution in [2.75, 3.05) is 27.2 Å². The Hall–Kier alpha value is -0.470. The van der Waals surface area contributed by atoms with Gasteiger partial charge in [-0.05, 0) is 43.6 Å². The van der Waals surface area contributed by atoms with Crippen molar-refractivity contribution in [2.45, 2.75) is 37.6 Å². The van der Waals surface area contributed by atoms with E-state index >= 15 is 0 Å². The Morgan fingerprint density at radius 2 is 2.00 bits per heavy atom. The summed E-state index contributed by atoms with van der Waals surface area (Å²) in [5, 5.41) is 5.10. The van der Waals surface area contributed by atoms with Crippen molar-refractivity contribution in [3.05, 3.63) is 17.0 Å². The molecule has 0 saturated heterocycles. The summed E-state index contributed by atoms with van der Waals surface area (Å²) in [7, 11) is 0.455. The zero-order valence-corrected chi connectivity index (χ0v) is 15.1. The number of sulfonamides is 1. The molecule has 1 aromatic rings. The fraction of sp³-hybridized carbons (Fsp3) is 0.714. The van der Waals surface area contributed by atoms with Crippen molar-refractivity contribution in [3.8, 4) is 0 Å². The first-order valence-electron chi connectivity index (χ1n) is 7.21. The number of nitrogens with zero attached hydrogens (tertiary/aromatic N) is 1. The normalized spacial score (nSPS) is 14.0. The molecule has 0 fully saturated rings.